The quantitative estimate of drug-likeness (QED) is 0.493. The van der Waals surface area contributed by atoms with Gasteiger partial charge in [-0.15, -0.1) is 0 Å². The molecule has 10 heteroatoms. The second-order valence-corrected chi connectivity index (χ2v) is 8.64. The molecule has 31 heavy (non-hydrogen) atoms. The Morgan fingerprint density at radius 3 is 2.35 bits per heavy atom. The van der Waals surface area contributed by atoms with Crippen LogP contribution >= 0.6 is 0 Å². The van der Waals surface area contributed by atoms with Crippen molar-refractivity contribution in [2.45, 2.75) is 65.1 Å². The van der Waals surface area contributed by atoms with Gasteiger partial charge in [0.1, 0.15) is 11.4 Å². The molecular formula is C21H29N3O7. The Labute approximate surface area is 181 Å². The molecule has 0 bridgehead atoms. The molecule has 0 aliphatic carbocycles. The molecule has 170 valence electrons. The van der Waals surface area contributed by atoms with E-state index < -0.39 is 28.8 Å². The molecule has 0 saturated carbocycles. The average Bonchev–Trinajstić information content (AvgIpc) is 3.14. The molecule has 10 nitrogen and oxygen atoms in total. The maximum absolute atomic E-state index is 12.9. The highest BCUT2D eigenvalue weighted by Crippen LogP contribution is 2.23. The highest BCUT2D eigenvalue weighted by atomic mass is 16.6. The standard InChI is InChI=1S/C21H29N3O7/c1-14(2)23(19(26)30-16-10-8-15(9-11-16)24(28)29)13-18(25)17-7-6-12-22(17)20(27)31-21(3,4)5/h8-11,14,17H,6-7,12-13H2,1-5H3/t17-/m0/s1. The van der Waals surface area contributed by atoms with Crippen molar-refractivity contribution < 1.29 is 28.8 Å². The third kappa shape index (κ3) is 6.66. The van der Waals surface area contributed by atoms with Gasteiger partial charge in [0.2, 0.25) is 0 Å². The molecule has 1 atom stereocenters. The van der Waals surface area contributed by atoms with E-state index >= 15 is 0 Å². The Kier molecular flexibility index (Phi) is 7.59. The molecule has 0 radical (unpaired) electrons. The lowest BCUT2D eigenvalue weighted by Gasteiger charge is -2.30. The number of likely N-dealkylation sites (tertiary alicyclic amines) is 1. The number of Topliss-reactive ketones (excluding diaryl/α,β-unsaturated/α-hetero) is 1. The van der Waals surface area contributed by atoms with Crippen LogP contribution in [0.25, 0.3) is 0 Å². The first-order chi connectivity index (χ1) is 14.4. The smallest absolute Gasteiger partial charge is 0.415 e. The van der Waals surface area contributed by atoms with E-state index in [-0.39, 0.29) is 29.8 Å². The van der Waals surface area contributed by atoms with Gasteiger partial charge < -0.3 is 9.47 Å². The third-order valence-corrected chi connectivity index (χ3v) is 4.69. The molecular weight excluding hydrogens is 406 g/mol. The Balaban J connectivity index is 2.06. The fourth-order valence-corrected chi connectivity index (χ4v) is 3.17. The fourth-order valence-electron chi connectivity index (χ4n) is 3.17. The number of rotatable bonds is 6. The number of nitrogens with zero attached hydrogens (tertiary/aromatic N) is 3. The minimum Gasteiger partial charge on any atom is -0.444 e. The van der Waals surface area contributed by atoms with Crippen LogP contribution < -0.4 is 4.74 Å². The molecule has 1 saturated heterocycles. The lowest BCUT2D eigenvalue weighted by molar-refractivity contribution is -0.384. The Hall–Kier alpha value is -3.17. The number of benzene rings is 1. The monoisotopic (exact) mass is 435 g/mol. The maximum Gasteiger partial charge on any atom is 0.415 e. The van der Waals surface area contributed by atoms with Gasteiger partial charge >= 0.3 is 12.2 Å². The molecule has 0 spiro atoms. The van der Waals surface area contributed by atoms with Crippen molar-refractivity contribution in [2.75, 3.05) is 13.1 Å². The maximum atomic E-state index is 12.9. The van der Waals surface area contributed by atoms with Crippen LogP contribution in [0, 0.1) is 10.1 Å². The average molecular weight is 435 g/mol. The lowest BCUT2D eigenvalue weighted by Crippen LogP contribution is -2.49. The summed E-state index contributed by atoms with van der Waals surface area (Å²) >= 11 is 0. The van der Waals surface area contributed by atoms with E-state index in [1.54, 1.807) is 34.6 Å². The van der Waals surface area contributed by atoms with Crippen molar-refractivity contribution in [3.05, 3.63) is 34.4 Å². The van der Waals surface area contributed by atoms with Crippen LogP contribution in [0.3, 0.4) is 0 Å². The predicted octanol–water partition coefficient (Wildman–Crippen LogP) is 3.77. The summed E-state index contributed by atoms with van der Waals surface area (Å²) in [5, 5.41) is 10.7. The Bertz CT molecular complexity index is 830. The normalized spacial score (nSPS) is 16.2. The highest BCUT2D eigenvalue weighted by Gasteiger charge is 2.38. The lowest BCUT2D eigenvalue weighted by atomic mass is 10.1. The van der Waals surface area contributed by atoms with Crippen molar-refractivity contribution >= 4 is 23.7 Å². The van der Waals surface area contributed by atoms with E-state index in [2.05, 4.69) is 0 Å². The number of carbonyl (C=O) groups is 3. The number of ketones is 1. The molecule has 1 fully saturated rings. The van der Waals surface area contributed by atoms with Gasteiger partial charge in [0.15, 0.2) is 5.78 Å². The van der Waals surface area contributed by atoms with Crippen LogP contribution in [0.4, 0.5) is 15.3 Å². The SMILES string of the molecule is CC(C)N(CC(=O)[C@@H]1CCCN1C(=O)OC(C)(C)C)C(=O)Oc1ccc([N+](=O)[O-])cc1. The van der Waals surface area contributed by atoms with Crippen LogP contribution in [0.5, 0.6) is 5.75 Å². The number of amides is 2. The second-order valence-electron chi connectivity index (χ2n) is 8.64. The highest BCUT2D eigenvalue weighted by molar-refractivity contribution is 5.91. The first-order valence-electron chi connectivity index (χ1n) is 10.1. The number of hydrogen-bond acceptors (Lipinski definition) is 7. The van der Waals surface area contributed by atoms with Crippen molar-refractivity contribution in [1.82, 2.24) is 9.80 Å². The summed E-state index contributed by atoms with van der Waals surface area (Å²) in [6, 6.07) is 4.08. The molecule has 0 aromatic heterocycles. The molecule has 1 heterocycles. The van der Waals surface area contributed by atoms with Crippen molar-refractivity contribution in [3.8, 4) is 5.75 Å². The summed E-state index contributed by atoms with van der Waals surface area (Å²) < 4.78 is 10.7. The van der Waals surface area contributed by atoms with Crippen LogP contribution in [-0.4, -0.2) is 63.5 Å². The number of non-ortho nitro benzene ring substituents is 1. The molecule has 1 aliphatic rings. The minimum absolute atomic E-state index is 0.126. The molecule has 0 unspecified atom stereocenters. The summed E-state index contributed by atoms with van der Waals surface area (Å²) in [7, 11) is 0. The Morgan fingerprint density at radius 1 is 1.23 bits per heavy atom. The second kappa shape index (κ2) is 9.76. The zero-order valence-corrected chi connectivity index (χ0v) is 18.5. The van der Waals surface area contributed by atoms with Crippen molar-refractivity contribution in [3.63, 3.8) is 0 Å². The van der Waals surface area contributed by atoms with Gasteiger partial charge in [-0.25, -0.2) is 9.59 Å². The molecule has 2 rings (SSSR count). The van der Waals surface area contributed by atoms with Gasteiger partial charge in [-0.2, -0.15) is 0 Å². The van der Waals surface area contributed by atoms with Gasteiger partial charge in [-0.3, -0.25) is 24.7 Å². The van der Waals surface area contributed by atoms with Gasteiger partial charge in [0, 0.05) is 24.7 Å². The van der Waals surface area contributed by atoms with Crippen LogP contribution in [0.1, 0.15) is 47.5 Å². The van der Waals surface area contributed by atoms with E-state index in [0.29, 0.717) is 19.4 Å². The number of hydrogen-bond donors (Lipinski definition) is 0. The van der Waals surface area contributed by atoms with Crippen LogP contribution in [0.2, 0.25) is 0 Å². The van der Waals surface area contributed by atoms with E-state index in [1.165, 1.54) is 34.1 Å². The Morgan fingerprint density at radius 2 is 1.84 bits per heavy atom. The largest absolute Gasteiger partial charge is 0.444 e. The summed E-state index contributed by atoms with van der Waals surface area (Å²) in [4.78, 5) is 50.9. The zero-order valence-electron chi connectivity index (χ0n) is 18.5. The van der Waals surface area contributed by atoms with Gasteiger partial charge in [-0.05, 0) is 59.6 Å². The van der Waals surface area contributed by atoms with Crippen molar-refractivity contribution in [1.29, 1.82) is 0 Å². The number of nitro benzene ring substituents is 1. The van der Waals surface area contributed by atoms with E-state index in [1.807, 2.05) is 0 Å². The summed E-state index contributed by atoms with van der Waals surface area (Å²) in [5.74, 6) is -0.150. The summed E-state index contributed by atoms with van der Waals surface area (Å²) in [6.45, 7) is 8.94. The summed E-state index contributed by atoms with van der Waals surface area (Å²) in [5.41, 5.74) is -0.801. The fraction of sp³-hybridized carbons (Fsp3) is 0.571. The molecule has 1 aromatic rings. The number of nitro groups is 1. The topological polar surface area (TPSA) is 119 Å². The molecule has 2 amide bonds. The number of ether oxygens (including phenoxy) is 2. The molecule has 1 aliphatic heterocycles. The predicted molar refractivity (Wildman–Crippen MR) is 112 cm³/mol. The minimum atomic E-state index is -0.751. The van der Waals surface area contributed by atoms with Gasteiger partial charge in [0.25, 0.3) is 5.69 Å². The molecule has 0 N–H and O–H groups in total. The van der Waals surface area contributed by atoms with E-state index in [0.717, 1.165) is 0 Å². The zero-order chi connectivity index (χ0) is 23.3. The van der Waals surface area contributed by atoms with E-state index in [9.17, 15) is 24.5 Å². The van der Waals surface area contributed by atoms with Crippen LogP contribution in [-0.2, 0) is 9.53 Å². The first kappa shape index (κ1) is 24.1. The van der Waals surface area contributed by atoms with Gasteiger partial charge in [0.05, 0.1) is 17.5 Å². The van der Waals surface area contributed by atoms with Gasteiger partial charge in [-0.1, -0.05) is 0 Å². The third-order valence-electron chi connectivity index (χ3n) is 4.69. The summed E-state index contributed by atoms with van der Waals surface area (Å²) in [6.07, 6.45) is -0.127. The first-order valence-corrected chi connectivity index (χ1v) is 10.1. The van der Waals surface area contributed by atoms with E-state index in [4.69, 9.17) is 9.47 Å². The molecule has 1 aromatic carbocycles. The van der Waals surface area contributed by atoms with Crippen molar-refractivity contribution in [2.24, 2.45) is 0 Å². The number of carbonyl (C=O) groups excluding carboxylic acids is 3. The van der Waals surface area contributed by atoms with Crippen LogP contribution in [0.15, 0.2) is 24.3 Å².